The zero-order valence-corrected chi connectivity index (χ0v) is 15.8. The normalized spacial score (nSPS) is 23.8. The summed E-state index contributed by atoms with van der Waals surface area (Å²) in [5.41, 5.74) is 1.22. The van der Waals surface area contributed by atoms with Crippen LogP contribution < -0.4 is 0 Å². The molecular formula is C21H29FN2O2. The molecule has 0 N–H and O–H groups in total. The maximum atomic E-state index is 13.1. The molecule has 1 amide bonds. The summed E-state index contributed by atoms with van der Waals surface area (Å²) in [6, 6.07) is 6.69. The summed E-state index contributed by atoms with van der Waals surface area (Å²) >= 11 is 0. The largest absolute Gasteiger partial charge is 0.335 e. The molecule has 2 saturated heterocycles. The van der Waals surface area contributed by atoms with Crippen LogP contribution in [0.25, 0.3) is 0 Å². The van der Waals surface area contributed by atoms with Gasteiger partial charge in [0.05, 0.1) is 0 Å². The molecule has 1 atom stereocenters. The Morgan fingerprint density at radius 2 is 1.85 bits per heavy atom. The number of carbonyl (C=O) groups excluding carboxylic acids is 2. The first kappa shape index (κ1) is 19.0. The highest BCUT2D eigenvalue weighted by molar-refractivity contribution is 6.36. The van der Waals surface area contributed by atoms with Gasteiger partial charge >= 0.3 is 0 Å². The van der Waals surface area contributed by atoms with Crippen molar-refractivity contribution in [1.82, 2.24) is 9.80 Å². The van der Waals surface area contributed by atoms with Crippen LogP contribution in [0.5, 0.6) is 0 Å². The fraction of sp³-hybridized carbons (Fsp3) is 0.619. The van der Waals surface area contributed by atoms with Crippen LogP contribution in [0, 0.1) is 17.2 Å². The first-order valence-corrected chi connectivity index (χ1v) is 9.66. The second kappa shape index (κ2) is 7.87. The molecule has 26 heavy (non-hydrogen) atoms. The monoisotopic (exact) mass is 360 g/mol. The molecule has 0 aromatic heterocycles. The fourth-order valence-electron chi connectivity index (χ4n) is 4.37. The SMILES string of the molecule is CC(C)CC(=O)C(=O)N1CC[C@@]2(CCCN(Cc3ccc(F)cc3)C2)C1. The Bertz CT molecular complexity index is 658. The van der Waals surface area contributed by atoms with E-state index in [1.165, 1.54) is 12.1 Å². The van der Waals surface area contributed by atoms with Gasteiger partial charge in [-0.3, -0.25) is 14.5 Å². The molecule has 0 bridgehead atoms. The number of likely N-dealkylation sites (tertiary alicyclic amines) is 2. The van der Waals surface area contributed by atoms with Gasteiger partial charge in [0.15, 0.2) is 0 Å². The third-order valence-electron chi connectivity index (χ3n) is 5.62. The van der Waals surface area contributed by atoms with E-state index in [0.717, 1.165) is 44.5 Å². The van der Waals surface area contributed by atoms with Gasteiger partial charge in [-0.25, -0.2) is 4.39 Å². The van der Waals surface area contributed by atoms with Gasteiger partial charge in [-0.05, 0) is 49.4 Å². The van der Waals surface area contributed by atoms with Crippen LogP contribution in [-0.2, 0) is 16.1 Å². The minimum atomic E-state index is -0.300. The van der Waals surface area contributed by atoms with E-state index in [0.29, 0.717) is 19.5 Å². The molecule has 4 nitrogen and oxygen atoms in total. The number of hydrogen-bond donors (Lipinski definition) is 0. The first-order chi connectivity index (χ1) is 12.4. The number of amides is 1. The maximum Gasteiger partial charge on any atom is 0.289 e. The Morgan fingerprint density at radius 1 is 1.12 bits per heavy atom. The lowest BCUT2D eigenvalue weighted by molar-refractivity contribution is -0.144. The van der Waals surface area contributed by atoms with Gasteiger partial charge in [0.1, 0.15) is 5.82 Å². The van der Waals surface area contributed by atoms with Crippen LogP contribution in [0.3, 0.4) is 0 Å². The number of nitrogens with zero attached hydrogens (tertiary/aromatic N) is 2. The van der Waals surface area contributed by atoms with Crippen LogP contribution in [0.2, 0.25) is 0 Å². The number of halogens is 1. The third kappa shape index (κ3) is 4.50. The van der Waals surface area contributed by atoms with Gasteiger partial charge in [-0.15, -0.1) is 0 Å². The van der Waals surface area contributed by atoms with Gasteiger partial charge < -0.3 is 4.90 Å². The second-order valence-corrected chi connectivity index (χ2v) is 8.44. The molecule has 2 aliphatic rings. The van der Waals surface area contributed by atoms with Crippen LogP contribution in [0.15, 0.2) is 24.3 Å². The molecular weight excluding hydrogens is 331 g/mol. The molecule has 0 saturated carbocycles. The highest BCUT2D eigenvalue weighted by atomic mass is 19.1. The summed E-state index contributed by atoms with van der Waals surface area (Å²) < 4.78 is 13.1. The van der Waals surface area contributed by atoms with Gasteiger partial charge in [0.2, 0.25) is 5.78 Å². The lowest BCUT2D eigenvalue weighted by Gasteiger charge is -2.40. The van der Waals surface area contributed by atoms with Gasteiger partial charge in [0.25, 0.3) is 5.91 Å². The van der Waals surface area contributed by atoms with E-state index in [1.54, 1.807) is 4.90 Å². The molecule has 2 fully saturated rings. The summed E-state index contributed by atoms with van der Waals surface area (Å²) in [6.07, 6.45) is 3.50. The number of hydrogen-bond acceptors (Lipinski definition) is 3. The average molecular weight is 360 g/mol. The van der Waals surface area contributed by atoms with Gasteiger partial charge in [0, 0.05) is 38.0 Å². The van der Waals surface area contributed by atoms with Crippen LogP contribution in [0.1, 0.15) is 45.1 Å². The molecule has 0 unspecified atom stereocenters. The number of Topliss-reactive ketones (excluding diaryl/α,β-unsaturated/α-hetero) is 1. The van der Waals surface area contributed by atoms with Crippen molar-refractivity contribution in [1.29, 1.82) is 0 Å². The zero-order valence-electron chi connectivity index (χ0n) is 15.8. The van der Waals surface area contributed by atoms with E-state index in [-0.39, 0.29) is 28.8 Å². The standard InChI is InChI=1S/C21H29FN2O2/c1-16(2)12-19(25)20(26)24-11-9-21(15-24)8-3-10-23(14-21)13-17-4-6-18(22)7-5-17/h4-7,16H,3,8-15H2,1-2H3/t21-/m1/s1. The summed E-state index contributed by atoms with van der Waals surface area (Å²) in [4.78, 5) is 28.7. The molecule has 2 heterocycles. The van der Waals surface area contributed by atoms with Crippen LogP contribution >= 0.6 is 0 Å². The smallest absolute Gasteiger partial charge is 0.289 e. The predicted molar refractivity (Wildman–Crippen MR) is 99.0 cm³/mol. The number of rotatable bonds is 5. The van der Waals surface area contributed by atoms with E-state index >= 15 is 0 Å². The molecule has 0 aliphatic carbocycles. The quantitative estimate of drug-likeness (QED) is 0.757. The Labute approximate surface area is 155 Å². The number of piperidine rings is 1. The first-order valence-electron chi connectivity index (χ1n) is 9.66. The van der Waals surface area contributed by atoms with Gasteiger partial charge in [-0.1, -0.05) is 26.0 Å². The molecule has 142 valence electrons. The maximum absolute atomic E-state index is 13.1. The van der Waals surface area contributed by atoms with E-state index in [4.69, 9.17) is 0 Å². The molecule has 1 spiro atoms. The van der Waals surface area contributed by atoms with Crippen molar-refractivity contribution in [3.05, 3.63) is 35.6 Å². The van der Waals surface area contributed by atoms with E-state index in [2.05, 4.69) is 4.90 Å². The summed E-state index contributed by atoms with van der Waals surface area (Å²) in [5.74, 6) is -0.550. The average Bonchev–Trinajstić information content (AvgIpc) is 2.99. The van der Waals surface area contributed by atoms with Crippen molar-refractivity contribution in [2.45, 2.75) is 46.1 Å². The van der Waals surface area contributed by atoms with Crippen molar-refractivity contribution < 1.29 is 14.0 Å². The minimum absolute atomic E-state index is 0.103. The van der Waals surface area contributed by atoms with Crippen LogP contribution in [-0.4, -0.2) is 47.7 Å². The molecule has 3 rings (SSSR count). The lowest BCUT2D eigenvalue weighted by atomic mass is 9.79. The highest BCUT2D eigenvalue weighted by Gasteiger charge is 2.43. The zero-order chi connectivity index (χ0) is 18.7. The van der Waals surface area contributed by atoms with Gasteiger partial charge in [-0.2, -0.15) is 0 Å². The van der Waals surface area contributed by atoms with Crippen LogP contribution in [0.4, 0.5) is 4.39 Å². The predicted octanol–water partition coefficient (Wildman–Crippen LogP) is 3.26. The van der Waals surface area contributed by atoms with Crippen molar-refractivity contribution in [2.24, 2.45) is 11.3 Å². The summed E-state index contributed by atoms with van der Waals surface area (Å²) in [6.45, 7) is 8.08. The van der Waals surface area contributed by atoms with Crippen molar-refractivity contribution in [2.75, 3.05) is 26.2 Å². The van der Waals surface area contributed by atoms with Crippen molar-refractivity contribution in [3.63, 3.8) is 0 Å². The van der Waals surface area contributed by atoms with E-state index < -0.39 is 0 Å². The number of ketones is 1. The van der Waals surface area contributed by atoms with Crippen molar-refractivity contribution in [3.8, 4) is 0 Å². The van der Waals surface area contributed by atoms with Crippen molar-refractivity contribution >= 4 is 11.7 Å². The molecule has 1 aromatic carbocycles. The molecule has 2 aliphatic heterocycles. The van der Waals surface area contributed by atoms with E-state index in [1.807, 2.05) is 26.0 Å². The Morgan fingerprint density at radius 3 is 2.54 bits per heavy atom. The number of benzene rings is 1. The fourth-order valence-corrected chi connectivity index (χ4v) is 4.37. The molecule has 0 radical (unpaired) electrons. The Kier molecular flexibility index (Phi) is 5.76. The minimum Gasteiger partial charge on any atom is -0.335 e. The number of carbonyl (C=O) groups is 2. The Hall–Kier alpha value is -1.75. The highest BCUT2D eigenvalue weighted by Crippen LogP contribution is 2.39. The lowest BCUT2D eigenvalue weighted by Crippen LogP contribution is -2.45. The summed E-state index contributed by atoms with van der Waals surface area (Å²) in [5, 5.41) is 0. The summed E-state index contributed by atoms with van der Waals surface area (Å²) in [7, 11) is 0. The third-order valence-corrected chi connectivity index (χ3v) is 5.62. The van der Waals surface area contributed by atoms with E-state index in [9.17, 15) is 14.0 Å². The second-order valence-electron chi connectivity index (χ2n) is 8.44. The molecule has 5 heteroatoms. The topological polar surface area (TPSA) is 40.6 Å². The Balaban J connectivity index is 1.59. The molecule has 1 aromatic rings.